The van der Waals surface area contributed by atoms with Crippen LogP contribution in [0.25, 0.3) is 10.9 Å². The Morgan fingerprint density at radius 3 is 2.47 bits per heavy atom. The Bertz CT molecular complexity index is 1110. The van der Waals surface area contributed by atoms with E-state index in [1.807, 2.05) is 44.2 Å². The highest BCUT2D eigenvalue weighted by molar-refractivity contribution is 5.91. The third-order valence-electron chi connectivity index (χ3n) is 5.55. The normalized spacial score (nSPS) is 14.1. The summed E-state index contributed by atoms with van der Waals surface area (Å²) in [5.41, 5.74) is 3.62. The van der Waals surface area contributed by atoms with Crippen molar-refractivity contribution in [3.8, 4) is 0 Å². The monoisotopic (exact) mass is 404 g/mol. The number of amides is 1. The molecule has 6 nitrogen and oxygen atoms in total. The number of nitrogens with one attached hydrogen (secondary N) is 1. The molecule has 0 aliphatic carbocycles. The topological polar surface area (TPSA) is 67.2 Å². The number of aryl methyl sites for hydroxylation is 2. The molecule has 1 aliphatic heterocycles. The van der Waals surface area contributed by atoms with E-state index in [9.17, 15) is 9.59 Å². The van der Waals surface area contributed by atoms with E-state index in [0.29, 0.717) is 23.4 Å². The average molecular weight is 405 g/mol. The zero-order valence-corrected chi connectivity index (χ0v) is 17.6. The minimum Gasteiger partial charge on any atom is -0.342 e. The highest BCUT2D eigenvalue weighted by Gasteiger charge is 2.19. The molecule has 30 heavy (non-hydrogen) atoms. The number of para-hydroxylation sites is 1. The third-order valence-corrected chi connectivity index (χ3v) is 5.55. The van der Waals surface area contributed by atoms with Crippen molar-refractivity contribution >= 4 is 28.4 Å². The Morgan fingerprint density at radius 2 is 1.73 bits per heavy atom. The summed E-state index contributed by atoms with van der Waals surface area (Å²) in [6.07, 6.45) is 3.60. The molecule has 4 rings (SSSR count). The van der Waals surface area contributed by atoms with Gasteiger partial charge in [-0.3, -0.25) is 14.2 Å². The van der Waals surface area contributed by atoms with Crippen LogP contribution in [-0.4, -0.2) is 28.5 Å². The number of fused-ring (bicyclic) bond motifs is 1. The van der Waals surface area contributed by atoms with Gasteiger partial charge in [0.25, 0.3) is 5.56 Å². The summed E-state index contributed by atoms with van der Waals surface area (Å²) in [6, 6.07) is 13.4. The van der Waals surface area contributed by atoms with Gasteiger partial charge in [0, 0.05) is 31.7 Å². The van der Waals surface area contributed by atoms with Crippen molar-refractivity contribution < 1.29 is 4.79 Å². The number of benzene rings is 2. The number of hydrogen-bond acceptors (Lipinski definition) is 4. The number of rotatable bonds is 5. The zero-order valence-electron chi connectivity index (χ0n) is 17.6. The highest BCUT2D eigenvalue weighted by atomic mass is 16.2. The van der Waals surface area contributed by atoms with Gasteiger partial charge in [0.05, 0.1) is 10.9 Å². The molecule has 1 fully saturated rings. The summed E-state index contributed by atoms with van der Waals surface area (Å²) in [4.78, 5) is 32.8. The molecule has 1 saturated heterocycles. The fourth-order valence-corrected chi connectivity index (χ4v) is 4.18. The lowest BCUT2D eigenvalue weighted by Crippen LogP contribution is -2.37. The van der Waals surface area contributed by atoms with E-state index in [1.54, 1.807) is 10.6 Å². The Kier molecular flexibility index (Phi) is 5.84. The maximum Gasteiger partial charge on any atom is 0.262 e. The lowest BCUT2D eigenvalue weighted by Gasteiger charge is -2.29. The van der Waals surface area contributed by atoms with Gasteiger partial charge in [-0.2, -0.15) is 0 Å². The van der Waals surface area contributed by atoms with Crippen molar-refractivity contribution in [3.63, 3.8) is 0 Å². The molecule has 0 unspecified atom stereocenters. The van der Waals surface area contributed by atoms with Crippen LogP contribution in [0.15, 0.2) is 47.3 Å². The standard InChI is InChI=1S/C24H28N4O2/c1-17-14-18(2)16-19(15-17)25-22(29)10-13-28-23(30)20-8-4-5-9-21(20)26-24(28)27-11-6-3-7-12-27/h4-5,8-9,14-16H,3,6-7,10-13H2,1-2H3,(H,25,29). The third kappa shape index (κ3) is 4.37. The van der Waals surface area contributed by atoms with Crippen molar-refractivity contribution in [2.45, 2.75) is 46.1 Å². The lowest BCUT2D eigenvalue weighted by molar-refractivity contribution is -0.116. The number of hydrogen-bond donors (Lipinski definition) is 1. The van der Waals surface area contributed by atoms with Gasteiger partial charge < -0.3 is 10.2 Å². The van der Waals surface area contributed by atoms with Crippen molar-refractivity contribution in [1.29, 1.82) is 0 Å². The molecular formula is C24H28N4O2. The molecule has 1 aromatic heterocycles. The summed E-state index contributed by atoms with van der Waals surface area (Å²) in [6.45, 7) is 6.10. The SMILES string of the molecule is Cc1cc(C)cc(NC(=O)CCn2c(N3CCCCC3)nc3ccccc3c2=O)c1. The van der Waals surface area contributed by atoms with Crippen molar-refractivity contribution in [3.05, 3.63) is 63.9 Å². The predicted octanol–water partition coefficient (Wildman–Crippen LogP) is 4.03. The Hall–Kier alpha value is -3.15. The van der Waals surface area contributed by atoms with Crippen LogP contribution < -0.4 is 15.8 Å². The van der Waals surface area contributed by atoms with Crippen LogP contribution in [0.5, 0.6) is 0 Å². The molecule has 2 heterocycles. The molecule has 0 spiro atoms. The van der Waals surface area contributed by atoms with E-state index in [4.69, 9.17) is 4.98 Å². The van der Waals surface area contributed by atoms with Crippen LogP contribution >= 0.6 is 0 Å². The van der Waals surface area contributed by atoms with E-state index in [1.165, 1.54) is 6.42 Å². The molecule has 1 N–H and O–H groups in total. The largest absolute Gasteiger partial charge is 0.342 e. The van der Waals surface area contributed by atoms with Gasteiger partial charge >= 0.3 is 0 Å². The van der Waals surface area contributed by atoms with Gasteiger partial charge in [0.1, 0.15) is 0 Å². The molecular weight excluding hydrogens is 376 g/mol. The first-order chi connectivity index (χ1) is 14.5. The summed E-state index contributed by atoms with van der Waals surface area (Å²) in [5, 5.41) is 3.55. The van der Waals surface area contributed by atoms with Crippen LogP contribution in [0.4, 0.5) is 11.6 Å². The molecule has 0 atom stereocenters. The molecule has 0 bridgehead atoms. The Morgan fingerprint density at radius 1 is 1.03 bits per heavy atom. The summed E-state index contributed by atoms with van der Waals surface area (Å²) in [7, 11) is 0. The predicted molar refractivity (Wildman–Crippen MR) is 121 cm³/mol. The smallest absolute Gasteiger partial charge is 0.262 e. The molecule has 6 heteroatoms. The molecule has 0 saturated carbocycles. The first-order valence-corrected chi connectivity index (χ1v) is 10.6. The minimum absolute atomic E-state index is 0.0830. The molecule has 156 valence electrons. The van der Waals surface area contributed by atoms with E-state index in [0.717, 1.165) is 42.7 Å². The van der Waals surface area contributed by atoms with Gasteiger partial charge in [-0.05, 0) is 68.5 Å². The number of carbonyl (C=O) groups excluding carboxylic acids is 1. The highest BCUT2D eigenvalue weighted by Crippen LogP contribution is 2.20. The summed E-state index contributed by atoms with van der Waals surface area (Å²) in [5.74, 6) is 0.572. The molecule has 1 amide bonds. The summed E-state index contributed by atoms with van der Waals surface area (Å²) < 4.78 is 1.68. The van der Waals surface area contributed by atoms with Crippen molar-refractivity contribution in [1.82, 2.24) is 9.55 Å². The minimum atomic E-state index is -0.107. The van der Waals surface area contributed by atoms with Gasteiger partial charge in [-0.25, -0.2) is 4.98 Å². The second kappa shape index (κ2) is 8.69. The lowest BCUT2D eigenvalue weighted by atomic mass is 10.1. The average Bonchev–Trinajstić information content (AvgIpc) is 2.73. The first-order valence-electron chi connectivity index (χ1n) is 10.6. The molecule has 0 radical (unpaired) electrons. The van der Waals surface area contributed by atoms with Crippen molar-refractivity contribution in [2.75, 3.05) is 23.3 Å². The van der Waals surface area contributed by atoms with Gasteiger partial charge in [0.15, 0.2) is 0 Å². The fraction of sp³-hybridized carbons (Fsp3) is 0.375. The Labute approximate surface area is 176 Å². The second-order valence-corrected chi connectivity index (χ2v) is 8.11. The molecule has 1 aliphatic rings. The first kappa shape index (κ1) is 20.1. The van der Waals surface area contributed by atoms with E-state index in [2.05, 4.69) is 16.3 Å². The maximum atomic E-state index is 13.2. The van der Waals surface area contributed by atoms with Crippen LogP contribution in [-0.2, 0) is 11.3 Å². The van der Waals surface area contributed by atoms with Crippen LogP contribution in [0.1, 0.15) is 36.8 Å². The fourth-order valence-electron chi connectivity index (χ4n) is 4.18. The summed E-state index contributed by atoms with van der Waals surface area (Å²) >= 11 is 0. The zero-order chi connectivity index (χ0) is 21.1. The van der Waals surface area contributed by atoms with Crippen LogP contribution in [0.2, 0.25) is 0 Å². The molecule has 3 aromatic rings. The van der Waals surface area contributed by atoms with E-state index >= 15 is 0 Å². The van der Waals surface area contributed by atoms with E-state index in [-0.39, 0.29) is 17.9 Å². The number of carbonyl (C=O) groups is 1. The quantitative estimate of drug-likeness (QED) is 0.697. The second-order valence-electron chi connectivity index (χ2n) is 8.11. The maximum absolute atomic E-state index is 13.2. The number of piperidine rings is 1. The van der Waals surface area contributed by atoms with Gasteiger partial charge in [-0.15, -0.1) is 0 Å². The molecule has 2 aromatic carbocycles. The van der Waals surface area contributed by atoms with Crippen LogP contribution in [0.3, 0.4) is 0 Å². The van der Waals surface area contributed by atoms with Gasteiger partial charge in [-0.1, -0.05) is 18.2 Å². The number of anilines is 2. The van der Waals surface area contributed by atoms with Crippen molar-refractivity contribution in [2.24, 2.45) is 0 Å². The number of nitrogens with zero attached hydrogens (tertiary/aromatic N) is 3. The number of aromatic nitrogens is 2. The van der Waals surface area contributed by atoms with E-state index < -0.39 is 0 Å². The Balaban J connectivity index is 1.59. The van der Waals surface area contributed by atoms with Crippen LogP contribution in [0, 0.1) is 13.8 Å². The van der Waals surface area contributed by atoms with Gasteiger partial charge in [0.2, 0.25) is 11.9 Å².